The highest BCUT2D eigenvalue weighted by Gasteiger charge is 2.20. The number of amides is 2. The molecule has 2 amide bonds. The van der Waals surface area contributed by atoms with E-state index in [-0.39, 0.29) is 17.6 Å². The van der Waals surface area contributed by atoms with Crippen LogP contribution in [-0.4, -0.2) is 54.3 Å². The number of nitrogens with one attached hydrogen (secondary N) is 2. The predicted octanol–water partition coefficient (Wildman–Crippen LogP) is 3.30. The first-order chi connectivity index (χ1) is 13.9. The minimum atomic E-state index is -0.209. The second kappa shape index (κ2) is 9.96. The van der Waals surface area contributed by atoms with Crippen LogP contribution in [0.5, 0.6) is 0 Å². The van der Waals surface area contributed by atoms with Crippen LogP contribution in [0.25, 0.3) is 0 Å². The number of rotatable bonds is 6. The lowest BCUT2D eigenvalue weighted by atomic mass is 10.2. The zero-order valence-corrected chi connectivity index (χ0v) is 17.8. The van der Waals surface area contributed by atoms with E-state index in [4.69, 9.17) is 0 Å². The van der Waals surface area contributed by atoms with Gasteiger partial charge in [0.2, 0.25) is 11.8 Å². The summed E-state index contributed by atoms with van der Waals surface area (Å²) in [6.07, 6.45) is 0. The van der Waals surface area contributed by atoms with Gasteiger partial charge in [-0.25, -0.2) is 4.39 Å². The summed E-state index contributed by atoms with van der Waals surface area (Å²) in [5.41, 5.74) is 2.05. The zero-order valence-electron chi connectivity index (χ0n) is 16.3. The molecule has 2 aromatic rings. The van der Waals surface area contributed by atoms with Gasteiger partial charge in [0.15, 0.2) is 0 Å². The summed E-state index contributed by atoms with van der Waals surface area (Å²) < 4.78 is 14.6. The summed E-state index contributed by atoms with van der Waals surface area (Å²) in [5, 5.41) is 5.56. The number of hydrogen-bond donors (Lipinski definition) is 2. The molecule has 3 rings (SSSR count). The molecule has 0 atom stereocenters. The van der Waals surface area contributed by atoms with Crippen molar-refractivity contribution in [1.29, 1.82) is 0 Å². The third-order valence-electron chi connectivity index (χ3n) is 4.75. The monoisotopic (exact) mass is 462 g/mol. The van der Waals surface area contributed by atoms with Crippen molar-refractivity contribution >= 4 is 39.1 Å². The third kappa shape index (κ3) is 6.35. The Morgan fingerprint density at radius 2 is 1.55 bits per heavy atom. The first-order valence-corrected chi connectivity index (χ1v) is 10.2. The summed E-state index contributed by atoms with van der Waals surface area (Å²) in [6, 6.07) is 12.3. The van der Waals surface area contributed by atoms with Crippen LogP contribution < -0.4 is 10.6 Å². The number of carbonyl (C=O) groups excluding carboxylic acids is 2. The number of anilines is 2. The van der Waals surface area contributed by atoms with Crippen molar-refractivity contribution in [2.75, 3.05) is 43.4 Å². The van der Waals surface area contributed by atoms with Crippen LogP contribution in [0.1, 0.15) is 12.5 Å². The van der Waals surface area contributed by atoms with E-state index in [9.17, 15) is 14.0 Å². The Labute approximate surface area is 178 Å². The van der Waals surface area contributed by atoms with Crippen molar-refractivity contribution in [1.82, 2.24) is 9.80 Å². The molecule has 1 fully saturated rings. The Balaban J connectivity index is 1.43. The van der Waals surface area contributed by atoms with E-state index in [0.29, 0.717) is 34.5 Å². The second-order valence-electron chi connectivity index (χ2n) is 7.07. The van der Waals surface area contributed by atoms with Gasteiger partial charge < -0.3 is 10.6 Å². The van der Waals surface area contributed by atoms with Crippen molar-refractivity contribution in [3.8, 4) is 0 Å². The quantitative estimate of drug-likeness (QED) is 0.690. The van der Waals surface area contributed by atoms with Crippen LogP contribution >= 0.6 is 15.9 Å². The molecule has 0 bridgehead atoms. The molecule has 2 N–H and O–H groups in total. The highest BCUT2D eigenvalue weighted by molar-refractivity contribution is 9.10. The molecule has 29 heavy (non-hydrogen) atoms. The van der Waals surface area contributed by atoms with E-state index in [2.05, 4.69) is 36.4 Å². The first kappa shape index (κ1) is 21.4. The van der Waals surface area contributed by atoms with Crippen molar-refractivity contribution in [3.63, 3.8) is 0 Å². The van der Waals surface area contributed by atoms with E-state index >= 15 is 0 Å². The van der Waals surface area contributed by atoms with Gasteiger partial charge in [0.1, 0.15) is 5.82 Å². The Morgan fingerprint density at radius 3 is 2.17 bits per heavy atom. The number of nitrogens with zero attached hydrogens (tertiary/aromatic N) is 2. The number of piperazine rings is 1. The highest BCUT2D eigenvalue weighted by Crippen LogP contribution is 2.20. The van der Waals surface area contributed by atoms with Crippen LogP contribution in [0, 0.1) is 5.82 Å². The third-order valence-corrected chi connectivity index (χ3v) is 5.36. The maximum atomic E-state index is 14.1. The van der Waals surface area contributed by atoms with Gasteiger partial charge in [-0.15, -0.1) is 0 Å². The average molecular weight is 463 g/mol. The van der Waals surface area contributed by atoms with Crippen molar-refractivity contribution in [2.24, 2.45) is 0 Å². The Morgan fingerprint density at radius 1 is 0.966 bits per heavy atom. The largest absolute Gasteiger partial charge is 0.326 e. The van der Waals surface area contributed by atoms with Gasteiger partial charge in [0, 0.05) is 56.6 Å². The summed E-state index contributed by atoms with van der Waals surface area (Å²) >= 11 is 3.22. The maximum absolute atomic E-state index is 14.1. The molecule has 0 aliphatic carbocycles. The molecular formula is C21H24BrFN4O2. The van der Waals surface area contributed by atoms with Gasteiger partial charge in [-0.1, -0.05) is 12.1 Å². The lowest BCUT2D eigenvalue weighted by molar-refractivity contribution is -0.117. The minimum absolute atomic E-state index is 0.0799. The minimum Gasteiger partial charge on any atom is -0.326 e. The Hall–Kier alpha value is -2.29. The fourth-order valence-electron chi connectivity index (χ4n) is 3.26. The van der Waals surface area contributed by atoms with E-state index in [0.717, 1.165) is 26.2 Å². The van der Waals surface area contributed by atoms with Crippen LogP contribution in [0.2, 0.25) is 0 Å². The Kier molecular flexibility index (Phi) is 7.35. The summed E-state index contributed by atoms with van der Waals surface area (Å²) in [5.74, 6) is -0.425. The van der Waals surface area contributed by atoms with Gasteiger partial charge in [-0.3, -0.25) is 19.4 Å². The fraction of sp³-hybridized carbons (Fsp3) is 0.333. The van der Waals surface area contributed by atoms with Crippen molar-refractivity contribution < 1.29 is 14.0 Å². The van der Waals surface area contributed by atoms with E-state index in [1.807, 2.05) is 6.07 Å². The maximum Gasteiger partial charge on any atom is 0.238 e. The fourth-order valence-corrected chi connectivity index (χ4v) is 3.67. The normalized spacial score (nSPS) is 15.1. The molecule has 0 aromatic heterocycles. The van der Waals surface area contributed by atoms with E-state index < -0.39 is 0 Å². The van der Waals surface area contributed by atoms with Gasteiger partial charge in [0.05, 0.1) is 11.0 Å². The molecule has 1 aliphatic heterocycles. The van der Waals surface area contributed by atoms with E-state index in [1.165, 1.54) is 6.92 Å². The molecule has 0 radical (unpaired) electrons. The summed E-state index contributed by atoms with van der Waals surface area (Å²) in [4.78, 5) is 27.6. The topological polar surface area (TPSA) is 64.7 Å². The van der Waals surface area contributed by atoms with E-state index in [1.54, 1.807) is 36.4 Å². The molecule has 2 aromatic carbocycles. The van der Waals surface area contributed by atoms with Crippen LogP contribution in [-0.2, 0) is 16.1 Å². The number of carbonyl (C=O) groups is 2. The molecule has 0 saturated carbocycles. The molecule has 6 nitrogen and oxygen atoms in total. The molecule has 1 aliphatic rings. The lowest BCUT2D eigenvalue weighted by Gasteiger charge is -2.34. The standard InChI is InChI=1S/C21H24BrFN4O2/c1-15(28)24-17-5-7-18(8-6-17)25-20(29)14-27-11-9-26(10-12-27)13-16-3-2-4-19(22)21(16)23/h2-8H,9-14H2,1H3,(H,24,28)(H,25,29). The molecule has 8 heteroatoms. The first-order valence-electron chi connectivity index (χ1n) is 9.46. The van der Waals surface area contributed by atoms with Crippen LogP contribution in [0.4, 0.5) is 15.8 Å². The van der Waals surface area contributed by atoms with Gasteiger partial charge in [-0.2, -0.15) is 0 Å². The number of halogens is 2. The van der Waals surface area contributed by atoms with Gasteiger partial charge in [-0.05, 0) is 46.3 Å². The highest BCUT2D eigenvalue weighted by atomic mass is 79.9. The number of benzene rings is 2. The SMILES string of the molecule is CC(=O)Nc1ccc(NC(=O)CN2CCN(Cc3cccc(Br)c3F)CC2)cc1. The van der Waals surface area contributed by atoms with Crippen molar-refractivity contribution in [3.05, 3.63) is 58.3 Å². The molecule has 0 unspecified atom stereocenters. The molecule has 154 valence electrons. The van der Waals surface area contributed by atoms with Gasteiger partial charge in [0.25, 0.3) is 0 Å². The van der Waals surface area contributed by atoms with Gasteiger partial charge >= 0.3 is 0 Å². The summed E-state index contributed by atoms with van der Waals surface area (Å²) in [6.45, 7) is 5.40. The number of hydrogen-bond acceptors (Lipinski definition) is 4. The van der Waals surface area contributed by atoms with Crippen molar-refractivity contribution in [2.45, 2.75) is 13.5 Å². The lowest BCUT2D eigenvalue weighted by Crippen LogP contribution is -2.48. The second-order valence-corrected chi connectivity index (χ2v) is 7.93. The molecule has 1 heterocycles. The summed E-state index contributed by atoms with van der Waals surface area (Å²) in [7, 11) is 0. The molecule has 1 saturated heterocycles. The smallest absolute Gasteiger partial charge is 0.238 e. The molecule has 0 spiro atoms. The Bertz CT molecular complexity index is 867. The predicted molar refractivity (Wildman–Crippen MR) is 115 cm³/mol. The molecular weight excluding hydrogens is 439 g/mol. The zero-order chi connectivity index (χ0) is 20.8. The average Bonchev–Trinajstić information content (AvgIpc) is 2.68. The van der Waals surface area contributed by atoms with Crippen LogP contribution in [0.3, 0.4) is 0 Å². The van der Waals surface area contributed by atoms with Crippen LogP contribution in [0.15, 0.2) is 46.9 Å².